The standard InChI is InChI=1S/C18H22BrNO/c1-12(2)21-15-7-5-6-14(11-15)18(20-4)16-10-13(3)8-9-17(16)19/h5-12,18,20H,1-4H3. The molecule has 112 valence electrons. The van der Waals surface area contributed by atoms with Crippen molar-refractivity contribution in [3.8, 4) is 5.75 Å². The minimum atomic E-state index is 0.134. The van der Waals surface area contributed by atoms with Gasteiger partial charge in [-0.1, -0.05) is 45.8 Å². The Hall–Kier alpha value is -1.32. The Morgan fingerprint density at radius 1 is 1.10 bits per heavy atom. The van der Waals surface area contributed by atoms with Gasteiger partial charge in [-0.2, -0.15) is 0 Å². The van der Waals surface area contributed by atoms with Crippen LogP contribution in [-0.2, 0) is 0 Å². The second kappa shape index (κ2) is 7.10. The third-order valence-electron chi connectivity index (χ3n) is 3.31. The molecule has 2 aromatic rings. The van der Waals surface area contributed by atoms with Crippen molar-refractivity contribution >= 4 is 15.9 Å². The maximum absolute atomic E-state index is 5.80. The summed E-state index contributed by atoms with van der Waals surface area (Å²) in [4.78, 5) is 0. The quantitative estimate of drug-likeness (QED) is 0.834. The monoisotopic (exact) mass is 347 g/mol. The lowest BCUT2D eigenvalue weighted by Crippen LogP contribution is -2.18. The van der Waals surface area contributed by atoms with Gasteiger partial charge in [-0.15, -0.1) is 0 Å². The highest BCUT2D eigenvalue weighted by Gasteiger charge is 2.16. The van der Waals surface area contributed by atoms with Gasteiger partial charge in [-0.3, -0.25) is 0 Å². The Morgan fingerprint density at radius 2 is 1.86 bits per heavy atom. The fourth-order valence-electron chi connectivity index (χ4n) is 2.43. The van der Waals surface area contributed by atoms with E-state index in [-0.39, 0.29) is 12.1 Å². The molecule has 0 aliphatic heterocycles. The lowest BCUT2D eigenvalue weighted by molar-refractivity contribution is 0.242. The number of aryl methyl sites for hydroxylation is 1. The Kier molecular flexibility index (Phi) is 5.43. The molecule has 0 aromatic heterocycles. The SMILES string of the molecule is CNC(c1cccc(OC(C)C)c1)c1cc(C)ccc1Br. The summed E-state index contributed by atoms with van der Waals surface area (Å²) in [5, 5.41) is 3.40. The van der Waals surface area contributed by atoms with Crippen LogP contribution in [0.5, 0.6) is 5.75 Å². The van der Waals surface area contributed by atoms with E-state index in [1.807, 2.05) is 33.0 Å². The van der Waals surface area contributed by atoms with E-state index in [0.717, 1.165) is 10.2 Å². The number of rotatable bonds is 5. The van der Waals surface area contributed by atoms with E-state index in [1.54, 1.807) is 0 Å². The second-order valence-electron chi connectivity index (χ2n) is 5.49. The maximum atomic E-state index is 5.80. The first kappa shape index (κ1) is 16.1. The fraction of sp³-hybridized carbons (Fsp3) is 0.333. The van der Waals surface area contributed by atoms with Gasteiger partial charge in [0.05, 0.1) is 12.1 Å². The first-order valence-corrected chi connectivity index (χ1v) is 8.00. The zero-order chi connectivity index (χ0) is 15.4. The Balaban J connectivity index is 2.39. The topological polar surface area (TPSA) is 21.3 Å². The van der Waals surface area contributed by atoms with Gasteiger partial charge in [0.1, 0.15) is 5.75 Å². The average Bonchev–Trinajstić information content (AvgIpc) is 2.43. The van der Waals surface area contributed by atoms with Gasteiger partial charge in [0.25, 0.3) is 0 Å². The molecule has 1 atom stereocenters. The predicted octanol–water partition coefficient (Wildman–Crippen LogP) is 4.85. The molecule has 3 heteroatoms. The van der Waals surface area contributed by atoms with Crippen molar-refractivity contribution in [2.24, 2.45) is 0 Å². The van der Waals surface area contributed by atoms with Crippen LogP contribution < -0.4 is 10.1 Å². The molecule has 0 radical (unpaired) electrons. The van der Waals surface area contributed by atoms with Crippen LogP contribution in [0.2, 0.25) is 0 Å². The van der Waals surface area contributed by atoms with E-state index in [2.05, 4.69) is 58.5 Å². The van der Waals surface area contributed by atoms with Crippen LogP contribution in [0.25, 0.3) is 0 Å². The molecular weight excluding hydrogens is 326 g/mol. The third kappa shape index (κ3) is 4.08. The van der Waals surface area contributed by atoms with Crippen LogP contribution in [0.1, 0.15) is 36.6 Å². The number of hydrogen-bond acceptors (Lipinski definition) is 2. The van der Waals surface area contributed by atoms with Gasteiger partial charge in [0.15, 0.2) is 0 Å². The highest BCUT2D eigenvalue weighted by Crippen LogP contribution is 2.31. The van der Waals surface area contributed by atoms with Crippen LogP contribution in [0.4, 0.5) is 0 Å². The van der Waals surface area contributed by atoms with E-state index in [4.69, 9.17) is 4.74 Å². The molecule has 0 saturated carbocycles. The minimum Gasteiger partial charge on any atom is -0.491 e. The van der Waals surface area contributed by atoms with Crippen molar-refractivity contribution in [3.63, 3.8) is 0 Å². The van der Waals surface area contributed by atoms with E-state index < -0.39 is 0 Å². The third-order valence-corrected chi connectivity index (χ3v) is 4.04. The Labute approximate surface area is 135 Å². The second-order valence-corrected chi connectivity index (χ2v) is 6.34. The summed E-state index contributed by atoms with van der Waals surface area (Å²) < 4.78 is 6.91. The lowest BCUT2D eigenvalue weighted by Gasteiger charge is -2.20. The molecule has 2 rings (SSSR count). The molecule has 0 bridgehead atoms. The summed E-state index contributed by atoms with van der Waals surface area (Å²) in [6, 6.07) is 14.8. The number of halogens is 1. The zero-order valence-electron chi connectivity index (χ0n) is 13.0. The molecule has 2 nitrogen and oxygen atoms in total. The highest BCUT2D eigenvalue weighted by atomic mass is 79.9. The smallest absolute Gasteiger partial charge is 0.120 e. The summed E-state index contributed by atoms with van der Waals surface area (Å²) in [6.45, 7) is 6.19. The van der Waals surface area contributed by atoms with E-state index in [0.29, 0.717) is 0 Å². The largest absolute Gasteiger partial charge is 0.491 e. The number of nitrogens with one attached hydrogen (secondary N) is 1. The van der Waals surface area contributed by atoms with Crippen LogP contribution in [0.15, 0.2) is 46.9 Å². The molecule has 0 fully saturated rings. The van der Waals surface area contributed by atoms with Gasteiger partial charge in [0.2, 0.25) is 0 Å². The number of benzene rings is 2. The van der Waals surface area contributed by atoms with E-state index in [9.17, 15) is 0 Å². The van der Waals surface area contributed by atoms with Gasteiger partial charge < -0.3 is 10.1 Å². The summed E-state index contributed by atoms with van der Waals surface area (Å²) in [5.41, 5.74) is 3.68. The molecule has 0 aliphatic rings. The fourth-order valence-corrected chi connectivity index (χ4v) is 2.90. The normalized spacial score (nSPS) is 12.5. The van der Waals surface area contributed by atoms with Gasteiger partial charge in [0, 0.05) is 4.47 Å². The average molecular weight is 348 g/mol. The van der Waals surface area contributed by atoms with Crippen LogP contribution in [-0.4, -0.2) is 13.2 Å². The van der Waals surface area contributed by atoms with Crippen molar-refractivity contribution in [3.05, 3.63) is 63.6 Å². The summed E-state index contributed by atoms with van der Waals surface area (Å²) in [5.74, 6) is 0.909. The van der Waals surface area contributed by atoms with Crippen molar-refractivity contribution in [2.75, 3.05) is 7.05 Å². The zero-order valence-corrected chi connectivity index (χ0v) is 14.6. The summed E-state index contributed by atoms with van der Waals surface area (Å²) >= 11 is 3.66. The number of ether oxygens (including phenoxy) is 1. The molecule has 2 aromatic carbocycles. The van der Waals surface area contributed by atoms with Gasteiger partial charge >= 0.3 is 0 Å². The number of hydrogen-bond donors (Lipinski definition) is 1. The van der Waals surface area contributed by atoms with Crippen LogP contribution in [0, 0.1) is 6.92 Å². The van der Waals surface area contributed by atoms with E-state index in [1.165, 1.54) is 16.7 Å². The predicted molar refractivity (Wildman–Crippen MR) is 92.0 cm³/mol. The van der Waals surface area contributed by atoms with Crippen molar-refractivity contribution < 1.29 is 4.74 Å². The van der Waals surface area contributed by atoms with Crippen molar-refractivity contribution in [1.82, 2.24) is 5.32 Å². The molecule has 1 N–H and O–H groups in total. The van der Waals surface area contributed by atoms with Gasteiger partial charge in [-0.25, -0.2) is 0 Å². The van der Waals surface area contributed by atoms with Crippen LogP contribution >= 0.6 is 15.9 Å². The van der Waals surface area contributed by atoms with Crippen molar-refractivity contribution in [1.29, 1.82) is 0 Å². The molecule has 0 spiro atoms. The molecule has 0 aliphatic carbocycles. The molecule has 21 heavy (non-hydrogen) atoms. The Bertz CT molecular complexity index is 610. The highest BCUT2D eigenvalue weighted by molar-refractivity contribution is 9.10. The summed E-state index contributed by atoms with van der Waals surface area (Å²) in [7, 11) is 1.98. The van der Waals surface area contributed by atoms with E-state index >= 15 is 0 Å². The molecule has 1 unspecified atom stereocenters. The maximum Gasteiger partial charge on any atom is 0.120 e. The minimum absolute atomic E-state index is 0.134. The molecular formula is C18H22BrNO. The van der Waals surface area contributed by atoms with Gasteiger partial charge in [-0.05, 0) is 57.1 Å². The van der Waals surface area contributed by atoms with Crippen LogP contribution in [0.3, 0.4) is 0 Å². The molecule has 0 amide bonds. The molecule has 0 heterocycles. The first-order valence-electron chi connectivity index (χ1n) is 7.21. The Morgan fingerprint density at radius 3 is 2.52 bits per heavy atom. The van der Waals surface area contributed by atoms with Crippen molar-refractivity contribution in [2.45, 2.75) is 32.9 Å². The first-order chi connectivity index (χ1) is 10.0. The summed E-state index contributed by atoms with van der Waals surface area (Å²) in [6.07, 6.45) is 0.180. The lowest BCUT2D eigenvalue weighted by atomic mass is 9.97. The molecule has 0 saturated heterocycles.